The summed E-state index contributed by atoms with van der Waals surface area (Å²) in [6, 6.07) is 23.0. The smallest absolute Gasteiger partial charge is 0.257 e. The minimum atomic E-state index is -0.203. The van der Waals surface area contributed by atoms with E-state index < -0.39 is 0 Å². The van der Waals surface area contributed by atoms with Crippen molar-refractivity contribution >= 4 is 71.2 Å². The number of amides is 4. The van der Waals surface area contributed by atoms with Gasteiger partial charge in [-0.05, 0) is 82.9 Å². The summed E-state index contributed by atoms with van der Waals surface area (Å²) < 4.78 is 59.9. The predicted octanol–water partition coefficient (Wildman–Crippen LogP) is 8.06. The Morgan fingerprint density at radius 3 is 0.946 bits per heavy atom. The Labute approximate surface area is 643 Å². The van der Waals surface area contributed by atoms with Crippen molar-refractivity contribution in [3.63, 3.8) is 0 Å². The summed E-state index contributed by atoms with van der Waals surface area (Å²) in [5.74, 6) is 2.72. The lowest BCUT2D eigenvalue weighted by Crippen LogP contribution is -2.47. The molecule has 0 saturated carbocycles. The molecule has 0 spiro atoms. The molecule has 0 aliphatic carbocycles. The number of carbonyl (C=O) groups is 4. The fourth-order valence-corrected chi connectivity index (χ4v) is 16.3. The van der Waals surface area contributed by atoms with Crippen molar-refractivity contribution in [2.45, 2.75) is 102 Å². The topological polar surface area (TPSA) is 298 Å². The van der Waals surface area contributed by atoms with E-state index in [1.807, 2.05) is 111 Å². The van der Waals surface area contributed by atoms with Crippen LogP contribution in [-0.4, -0.2) is 159 Å². The zero-order chi connectivity index (χ0) is 77.7. The molecule has 4 atom stereocenters. The lowest BCUT2D eigenvalue weighted by Gasteiger charge is -2.32. The maximum atomic E-state index is 13.9. The van der Waals surface area contributed by atoms with Crippen LogP contribution in [0.5, 0.6) is 57.5 Å². The number of aliphatic imine (C=N–C) groups is 4. The second-order valence-electron chi connectivity index (χ2n) is 29.1. The Balaban J connectivity index is 0.000000163. The number of benzene rings is 6. The quantitative estimate of drug-likeness (QED) is 0.0864. The number of nitrogens with zero attached hydrogens (tertiary/aromatic N) is 16. The molecule has 0 fully saturated rings. The van der Waals surface area contributed by atoms with Gasteiger partial charge in [-0.1, -0.05) is 0 Å². The van der Waals surface area contributed by atoms with Crippen LogP contribution in [0.4, 0.5) is 22.7 Å². The van der Waals surface area contributed by atoms with Crippen LogP contribution in [-0.2, 0) is 121 Å². The summed E-state index contributed by atoms with van der Waals surface area (Å²) in [6.07, 6.45) is 17.5. The lowest BCUT2D eigenvalue weighted by atomic mass is 10.0. The van der Waals surface area contributed by atoms with Gasteiger partial charge in [0, 0.05) is 100 Å². The predicted molar refractivity (Wildman–Crippen MR) is 407 cm³/mol. The fraction of sp³-hybridized carbons (Fsp3) is 0.317. The molecule has 572 valence electrons. The van der Waals surface area contributed by atoms with Crippen LogP contribution in [0.25, 0.3) is 0 Å². The van der Waals surface area contributed by atoms with Gasteiger partial charge in [0.05, 0.1) is 176 Å². The van der Waals surface area contributed by atoms with Crippen LogP contribution < -0.4 is 47.0 Å². The molecule has 10 aromatic rings. The Hall–Kier alpha value is -13.3. The van der Waals surface area contributed by atoms with Crippen molar-refractivity contribution in [3.05, 3.63) is 200 Å². The molecule has 6 aromatic carbocycles. The summed E-state index contributed by atoms with van der Waals surface area (Å²) in [7, 11) is 18.0. The molecule has 4 amide bonds. The van der Waals surface area contributed by atoms with Crippen molar-refractivity contribution < 1.29 is 76.4 Å². The minimum Gasteiger partial charge on any atom is -0.508 e. The van der Waals surface area contributed by atoms with E-state index >= 15 is 0 Å². The SMILES string of the molecule is COc1cc2c(cc1OCc1cc(O)cc(COc3cc4c(cc3OC)C(=O)N3Cc5c([n+](C)cn5C)C[C@H]3C=N4)c1)N=C[C@@H]1Cc3c(n(C)c[n+]3C)CN1C2=O.COc1cc2c(cc1OCc1cc(O)cc(COc3cc4c(cc3OC)C(=O)N3Cc5ncn(C)c5C[C@H]3C=N4)c1)N=C[C@@H]1Cc3c(ncn3C)CN1C2=O. The molecule has 30 heteroatoms. The van der Waals surface area contributed by atoms with E-state index in [0.717, 1.165) is 34.2 Å². The van der Waals surface area contributed by atoms with E-state index in [1.165, 1.54) is 39.8 Å². The maximum absolute atomic E-state index is 13.9. The molecular formula is C82H82N16O14+2. The number of aromatic hydroxyl groups is 2. The van der Waals surface area contributed by atoms with Crippen LogP contribution in [0.3, 0.4) is 0 Å². The number of rotatable bonds is 16. The average molecular weight is 1520 g/mol. The third-order valence-electron chi connectivity index (χ3n) is 22.1. The van der Waals surface area contributed by atoms with Gasteiger partial charge in [0.15, 0.2) is 57.4 Å². The monoisotopic (exact) mass is 1510 g/mol. The zero-order valence-electron chi connectivity index (χ0n) is 63.4. The Morgan fingerprint density at radius 1 is 0.366 bits per heavy atom. The number of hydrogen-bond acceptors (Lipinski definition) is 20. The summed E-state index contributed by atoms with van der Waals surface area (Å²) in [5.41, 5.74) is 14.9. The zero-order valence-corrected chi connectivity index (χ0v) is 63.4. The molecule has 112 heavy (non-hydrogen) atoms. The number of phenolic OH excluding ortho intramolecular Hbond substituents is 2. The maximum Gasteiger partial charge on any atom is 0.257 e. The highest BCUT2D eigenvalue weighted by atomic mass is 16.5. The third-order valence-corrected chi connectivity index (χ3v) is 22.1. The van der Waals surface area contributed by atoms with Crippen molar-refractivity contribution in [2.24, 2.45) is 62.3 Å². The van der Waals surface area contributed by atoms with E-state index in [9.17, 15) is 29.4 Å². The second kappa shape index (κ2) is 28.6. The summed E-state index contributed by atoms with van der Waals surface area (Å²) >= 11 is 0. The number of fused-ring (bicyclic) bond motifs is 12. The highest BCUT2D eigenvalue weighted by Crippen LogP contribution is 2.45. The first-order valence-corrected chi connectivity index (χ1v) is 36.6. The molecular weight excluding hydrogens is 1430 g/mol. The molecule has 12 heterocycles. The minimum absolute atomic E-state index is 0.0344. The van der Waals surface area contributed by atoms with E-state index in [2.05, 4.69) is 28.2 Å². The van der Waals surface area contributed by atoms with Gasteiger partial charge in [-0.2, -0.15) is 0 Å². The van der Waals surface area contributed by atoms with Crippen molar-refractivity contribution in [3.8, 4) is 57.5 Å². The van der Waals surface area contributed by atoms with Crippen LogP contribution in [0.15, 0.2) is 130 Å². The molecule has 8 aliphatic rings. The summed E-state index contributed by atoms with van der Waals surface area (Å²) in [4.78, 5) is 90.5. The largest absolute Gasteiger partial charge is 0.508 e. The highest BCUT2D eigenvalue weighted by molar-refractivity contribution is 6.06. The molecule has 2 N–H and O–H groups in total. The number of aryl methyl sites for hydroxylation is 6. The fourth-order valence-electron chi connectivity index (χ4n) is 16.3. The third kappa shape index (κ3) is 13.0. The normalized spacial score (nSPS) is 17.9. The Bertz CT molecular complexity index is 5350. The van der Waals surface area contributed by atoms with Crippen LogP contribution in [0.2, 0.25) is 0 Å². The van der Waals surface area contributed by atoms with Gasteiger partial charge < -0.3 is 76.8 Å². The van der Waals surface area contributed by atoms with Gasteiger partial charge in [0.2, 0.25) is 12.7 Å². The van der Waals surface area contributed by atoms with E-state index in [-0.39, 0.29) is 85.7 Å². The number of imidazole rings is 4. The number of aromatic nitrogens is 8. The van der Waals surface area contributed by atoms with Crippen molar-refractivity contribution in [1.82, 2.24) is 47.8 Å². The molecule has 0 radical (unpaired) electrons. The van der Waals surface area contributed by atoms with Crippen LogP contribution in [0, 0.1) is 0 Å². The number of ether oxygens (including phenoxy) is 8. The van der Waals surface area contributed by atoms with Gasteiger partial charge >= 0.3 is 0 Å². The number of phenols is 2. The number of carbonyl (C=O) groups excluding carboxylic acids is 4. The van der Waals surface area contributed by atoms with Gasteiger partial charge in [-0.15, -0.1) is 0 Å². The first-order valence-electron chi connectivity index (χ1n) is 36.6. The first-order chi connectivity index (χ1) is 54.2. The molecule has 0 unspecified atom stereocenters. The van der Waals surface area contributed by atoms with Gasteiger partial charge in [-0.3, -0.25) is 39.1 Å². The molecule has 4 aromatic heterocycles. The second-order valence-corrected chi connectivity index (χ2v) is 29.1. The molecule has 8 aliphatic heterocycles. The van der Waals surface area contributed by atoms with E-state index in [1.54, 1.807) is 95.3 Å². The number of methoxy groups -OCH3 is 4. The highest BCUT2D eigenvalue weighted by Gasteiger charge is 2.42. The average Bonchev–Trinajstić information content (AvgIpc) is 1.62. The number of hydrogen-bond donors (Lipinski definition) is 2. The standard InChI is InChI=1S/C42H43N8O7.C40H38N8O7/c1-45-22-47(3)35-18-49-26(10-33(35)45)16-43-31-14-39(37(54-5)12-29(31)41(49)52)56-20-24-7-25(9-28(51)8-24)21-57-40-15-32-30(13-38(40)55-6)42(53)50-19-36-34(11-27(50)17-44-32)46(2)23-48(36)4;1-45-20-43-31-16-47-24(8-33(31)45)14-41-29-12-37(35(52-3)10-27(29)39(47)50)54-18-22-5-23(7-26(49)6-22)19-55-38-13-30-28(11-36(38)53-4)40(51)48-17-32-34(46(2)21-44-32)9-25(48)15-42-30/h7-9,12-17,22-23,26-27H,10-11,18-21H2,1-6H3;5-7,10-15,20-21,24-25,49H,8-9,16-19H2,1-4H3/q+1;/p+1/t26-,27-;24-,25-/m00/s1. The van der Waals surface area contributed by atoms with Gasteiger partial charge in [0.25, 0.3) is 23.6 Å². The van der Waals surface area contributed by atoms with E-state index in [4.69, 9.17) is 57.9 Å². The summed E-state index contributed by atoms with van der Waals surface area (Å²) in [6.45, 7) is 2.10. The molecule has 18 rings (SSSR count). The van der Waals surface area contributed by atoms with Gasteiger partial charge in [0.1, 0.15) is 49.3 Å². The first kappa shape index (κ1) is 71.6. The molecule has 0 saturated heterocycles. The Morgan fingerprint density at radius 2 is 0.652 bits per heavy atom. The van der Waals surface area contributed by atoms with Crippen molar-refractivity contribution in [2.75, 3.05) is 28.4 Å². The lowest BCUT2D eigenvalue weighted by molar-refractivity contribution is -0.679. The van der Waals surface area contributed by atoms with E-state index in [0.29, 0.717) is 165 Å². The summed E-state index contributed by atoms with van der Waals surface area (Å²) in [5, 5.41) is 21.4. The van der Waals surface area contributed by atoms with Crippen LogP contribution >= 0.6 is 0 Å². The molecule has 0 bridgehead atoms. The van der Waals surface area contributed by atoms with Crippen molar-refractivity contribution in [1.29, 1.82) is 0 Å². The molecule has 30 nitrogen and oxygen atoms in total. The van der Waals surface area contributed by atoms with Gasteiger partial charge in [-0.25, -0.2) is 28.2 Å². The van der Waals surface area contributed by atoms with Crippen LogP contribution in [0.1, 0.15) is 109 Å². The Kier molecular flexibility index (Phi) is 18.3.